The van der Waals surface area contributed by atoms with Crippen LogP contribution in [-0.4, -0.2) is 16.8 Å². The molecule has 31 heavy (non-hydrogen) atoms. The number of aromatic nitrogens is 2. The van der Waals surface area contributed by atoms with Gasteiger partial charge in [-0.3, -0.25) is 0 Å². The zero-order valence-electron chi connectivity index (χ0n) is 19.0. The van der Waals surface area contributed by atoms with Gasteiger partial charge in [-0.25, -0.2) is 8.78 Å². The van der Waals surface area contributed by atoms with Crippen LogP contribution in [0.4, 0.5) is 8.78 Å². The Kier molecular flexibility index (Phi) is 9.23. The Morgan fingerprint density at radius 3 is 2.23 bits per heavy atom. The third kappa shape index (κ3) is 6.72. The molecule has 0 atom stereocenters. The molecule has 5 heteroatoms. The van der Waals surface area contributed by atoms with Crippen molar-refractivity contribution in [3.8, 4) is 17.1 Å². The van der Waals surface area contributed by atoms with Gasteiger partial charge in [0.15, 0.2) is 11.6 Å². The molecular formula is C26H36F2N2O. The molecule has 0 amide bonds. The molecule has 0 aliphatic heterocycles. The number of rotatable bonds is 11. The summed E-state index contributed by atoms with van der Waals surface area (Å²) in [5.74, 6) is 0.284. The molecule has 1 aromatic heterocycles. The maximum absolute atomic E-state index is 14.7. The number of hydrogen-bond acceptors (Lipinski definition) is 3. The number of aryl methyl sites for hydroxylation is 1. The van der Waals surface area contributed by atoms with Crippen LogP contribution in [0.3, 0.4) is 0 Å². The van der Waals surface area contributed by atoms with Crippen LogP contribution >= 0.6 is 0 Å². The van der Waals surface area contributed by atoms with Crippen molar-refractivity contribution in [1.82, 2.24) is 10.2 Å². The first-order valence-corrected chi connectivity index (χ1v) is 12.1. The van der Waals surface area contributed by atoms with Crippen molar-refractivity contribution >= 4 is 0 Å². The molecule has 170 valence electrons. The lowest BCUT2D eigenvalue weighted by Gasteiger charge is -2.28. The van der Waals surface area contributed by atoms with Gasteiger partial charge in [0.25, 0.3) is 0 Å². The van der Waals surface area contributed by atoms with Crippen LogP contribution in [0.2, 0.25) is 0 Å². The highest BCUT2D eigenvalue weighted by Crippen LogP contribution is 2.35. The Bertz CT molecular complexity index is 802. The van der Waals surface area contributed by atoms with Crippen molar-refractivity contribution in [2.45, 2.75) is 84.5 Å². The maximum Gasteiger partial charge on any atom is 0.233 e. The van der Waals surface area contributed by atoms with E-state index in [1.54, 1.807) is 24.3 Å². The van der Waals surface area contributed by atoms with E-state index in [-0.39, 0.29) is 5.56 Å². The Morgan fingerprint density at radius 1 is 0.839 bits per heavy atom. The van der Waals surface area contributed by atoms with Gasteiger partial charge in [0, 0.05) is 11.6 Å². The van der Waals surface area contributed by atoms with E-state index in [1.807, 2.05) is 6.92 Å². The second-order valence-corrected chi connectivity index (χ2v) is 8.86. The lowest BCUT2D eigenvalue weighted by Crippen LogP contribution is -2.15. The first-order valence-electron chi connectivity index (χ1n) is 12.1. The molecular weight excluding hydrogens is 394 g/mol. The summed E-state index contributed by atoms with van der Waals surface area (Å²) >= 11 is 0. The van der Waals surface area contributed by atoms with Crippen molar-refractivity contribution in [2.75, 3.05) is 6.61 Å². The summed E-state index contributed by atoms with van der Waals surface area (Å²) in [6, 6.07) is 6.55. The number of ether oxygens (including phenoxy) is 1. The number of hydrogen-bond donors (Lipinski definition) is 0. The number of unbranched alkanes of at least 4 members (excludes halogenated alkanes) is 3. The average Bonchev–Trinajstić information content (AvgIpc) is 2.79. The Labute approximate surface area is 185 Å². The number of halogens is 2. The minimum absolute atomic E-state index is 0.139. The van der Waals surface area contributed by atoms with Crippen molar-refractivity contribution in [1.29, 1.82) is 0 Å². The Morgan fingerprint density at radius 2 is 1.58 bits per heavy atom. The van der Waals surface area contributed by atoms with Gasteiger partial charge in [-0.05, 0) is 49.3 Å². The standard InChI is InChI=1S/C26H36F2N2O/c1-3-5-6-7-8-19-9-11-20(12-10-19)13-14-21-15-16-22(26(28)25(21)27)23-17-18-24(30-29-23)31-4-2/h15-20H,3-14H2,1-2H3. The highest BCUT2D eigenvalue weighted by Gasteiger charge is 2.22. The van der Waals surface area contributed by atoms with E-state index in [9.17, 15) is 8.78 Å². The normalized spacial score (nSPS) is 18.8. The largest absolute Gasteiger partial charge is 0.477 e. The molecule has 0 saturated heterocycles. The fraction of sp³-hybridized carbons (Fsp3) is 0.615. The van der Waals surface area contributed by atoms with Gasteiger partial charge in [0.1, 0.15) is 0 Å². The van der Waals surface area contributed by atoms with E-state index in [2.05, 4.69) is 17.1 Å². The van der Waals surface area contributed by atoms with E-state index < -0.39 is 11.6 Å². The molecule has 0 spiro atoms. The maximum atomic E-state index is 14.7. The fourth-order valence-electron chi connectivity index (χ4n) is 4.70. The molecule has 1 aliphatic rings. The molecule has 1 saturated carbocycles. The van der Waals surface area contributed by atoms with Gasteiger partial charge < -0.3 is 4.74 Å². The summed E-state index contributed by atoms with van der Waals surface area (Å²) in [7, 11) is 0. The van der Waals surface area contributed by atoms with Crippen LogP contribution in [-0.2, 0) is 6.42 Å². The summed E-state index contributed by atoms with van der Waals surface area (Å²) in [4.78, 5) is 0. The second kappa shape index (κ2) is 12.1. The van der Waals surface area contributed by atoms with Gasteiger partial charge in [-0.1, -0.05) is 70.8 Å². The fourth-order valence-corrected chi connectivity index (χ4v) is 4.70. The van der Waals surface area contributed by atoms with Crippen molar-refractivity contribution in [2.24, 2.45) is 11.8 Å². The predicted molar refractivity (Wildman–Crippen MR) is 121 cm³/mol. The van der Waals surface area contributed by atoms with Gasteiger partial charge in [0.05, 0.1) is 12.3 Å². The topological polar surface area (TPSA) is 35.0 Å². The molecule has 1 aromatic carbocycles. The van der Waals surface area contributed by atoms with Crippen LogP contribution in [0.1, 0.15) is 83.6 Å². The first kappa shape index (κ1) is 23.6. The van der Waals surface area contributed by atoms with Crippen LogP contribution in [0.25, 0.3) is 11.3 Å². The Balaban J connectivity index is 1.51. The zero-order chi connectivity index (χ0) is 22.1. The summed E-state index contributed by atoms with van der Waals surface area (Å²) < 4.78 is 34.7. The van der Waals surface area contributed by atoms with Gasteiger partial charge in [-0.2, -0.15) is 0 Å². The molecule has 2 aromatic rings. The molecule has 1 aliphatic carbocycles. The summed E-state index contributed by atoms with van der Waals surface area (Å²) in [6.45, 7) is 4.58. The van der Waals surface area contributed by atoms with Gasteiger partial charge in [-0.15, -0.1) is 10.2 Å². The third-order valence-electron chi connectivity index (χ3n) is 6.62. The molecule has 0 radical (unpaired) electrons. The van der Waals surface area contributed by atoms with E-state index in [0.717, 1.165) is 12.3 Å². The highest BCUT2D eigenvalue weighted by atomic mass is 19.2. The number of benzene rings is 1. The van der Waals surface area contributed by atoms with Crippen LogP contribution in [0.15, 0.2) is 24.3 Å². The second-order valence-electron chi connectivity index (χ2n) is 8.86. The van der Waals surface area contributed by atoms with Gasteiger partial charge >= 0.3 is 0 Å². The van der Waals surface area contributed by atoms with E-state index >= 15 is 0 Å². The van der Waals surface area contributed by atoms with E-state index in [4.69, 9.17) is 4.74 Å². The molecule has 1 fully saturated rings. The first-order chi connectivity index (χ1) is 15.1. The van der Waals surface area contributed by atoms with Crippen LogP contribution < -0.4 is 4.74 Å². The monoisotopic (exact) mass is 430 g/mol. The lowest BCUT2D eigenvalue weighted by molar-refractivity contribution is 0.248. The van der Waals surface area contributed by atoms with E-state index in [0.29, 0.717) is 36.1 Å². The molecule has 0 N–H and O–H groups in total. The summed E-state index contributed by atoms with van der Waals surface area (Å²) in [5.41, 5.74) is 0.908. The summed E-state index contributed by atoms with van der Waals surface area (Å²) in [5, 5.41) is 7.88. The highest BCUT2D eigenvalue weighted by molar-refractivity contribution is 5.60. The Hall–Kier alpha value is -2.04. The molecule has 3 nitrogen and oxygen atoms in total. The number of nitrogens with zero attached hydrogens (tertiary/aromatic N) is 2. The molecule has 0 bridgehead atoms. The molecule has 1 heterocycles. The SMILES string of the molecule is CCCCCCC1CCC(CCc2ccc(-c3ccc(OCC)nn3)c(F)c2F)CC1. The van der Waals surface area contributed by atoms with Crippen LogP contribution in [0, 0.1) is 23.5 Å². The smallest absolute Gasteiger partial charge is 0.233 e. The summed E-state index contributed by atoms with van der Waals surface area (Å²) in [6.07, 6.45) is 13.3. The minimum atomic E-state index is -0.841. The molecule has 0 unspecified atom stereocenters. The lowest BCUT2D eigenvalue weighted by atomic mass is 9.77. The van der Waals surface area contributed by atoms with Gasteiger partial charge in [0.2, 0.25) is 5.88 Å². The minimum Gasteiger partial charge on any atom is -0.477 e. The van der Waals surface area contributed by atoms with Crippen molar-refractivity contribution in [3.05, 3.63) is 41.5 Å². The van der Waals surface area contributed by atoms with E-state index in [1.165, 1.54) is 57.8 Å². The molecule has 3 rings (SSSR count). The van der Waals surface area contributed by atoms with Crippen molar-refractivity contribution < 1.29 is 13.5 Å². The van der Waals surface area contributed by atoms with Crippen LogP contribution in [0.5, 0.6) is 5.88 Å². The van der Waals surface area contributed by atoms with Crippen molar-refractivity contribution in [3.63, 3.8) is 0 Å². The quantitative estimate of drug-likeness (QED) is 0.346. The zero-order valence-corrected chi connectivity index (χ0v) is 19.0. The predicted octanol–water partition coefficient (Wildman–Crippen LogP) is 7.53. The third-order valence-corrected chi connectivity index (χ3v) is 6.62. The average molecular weight is 431 g/mol.